The van der Waals surface area contributed by atoms with E-state index in [1.54, 1.807) is 24.4 Å². The van der Waals surface area contributed by atoms with Crippen LogP contribution < -0.4 is 5.32 Å². The highest BCUT2D eigenvalue weighted by Gasteiger charge is 2.15. The lowest BCUT2D eigenvalue weighted by Crippen LogP contribution is -2.13. The number of hydrogen-bond acceptors (Lipinski definition) is 3. The molecule has 0 aliphatic heterocycles. The van der Waals surface area contributed by atoms with Crippen molar-refractivity contribution < 1.29 is 14.0 Å². The summed E-state index contributed by atoms with van der Waals surface area (Å²) in [7, 11) is 0. The van der Waals surface area contributed by atoms with Crippen LogP contribution in [-0.2, 0) is 0 Å². The average molecular weight is 309 g/mol. The van der Waals surface area contributed by atoms with Gasteiger partial charge in [-0.25, -0.2) is 4.39 Å². The Hall–Kier alpha value is -3.28. The van der Waals surface area contributed by atoms with Crippen LogP contribution in [-0.4, -0.2) is 21.4 Å². The van der Waals surface area contributed by atoms with Crippen molar-refractivity contribution in [2.24, 2.45) is 0 Å². The summed E-state index contributed by atoms with van der Waals surface area (Å²) in [6.07, 6.45) is 5.89. The predicted molar refractivity (Wildman–Crippen MR) is 82.8 cm³/mol. The first kappa shape index (κ1) is 14.6. The fourth-order valence-electron chi connectivity index (χ4n) is 2.07. The van der Waals surface area contributed by atoms with Gasteiger partial charge in [-0.15, -0.1) is 0 Å². The number of aromatic nitrogens is 2. The lowest BCUT2D eigenvalue weighted by atomic mass is 10.2. The van der Waals surface area contributed by atoms with E-state index in [0.29, 0.717) is 11.3 Å². The molecular formula is C17H12FN3O2. The first-order chi connectivity index (χ1) is 11.1. The van der Waals surface area contributed by atoms with Gasteiger partial charge < -0.3 is 5.32 Å². The van der Waals surface area contributed by atoms with Gasteiger partial charge in [-0.2, -0.15) is 0 Å². The number of benzene rings is 1. The molecular weight excluding hydrogens is 297 g/mol. The maximum absolute atomic E-state index is 13.7. The highest BCUT2D eigenvalue weighted by molar-refractivity contribution is 6.05. The summed E-state index contributed by atoms with van der Waals surface area (Å²) in [5.74, 6) is -1.52. The van der Waals surface area contributed by atoms with E-state index >= 15 is 0 Å². The minimum Gasteiger partial charge on any atom is -0.321 e. The topological polar surface area (TPSA) is 64.0 Å². The number of carbonyl (C=O) groups excluding carboxylic acids is 2. The Labute approximate surface area is 131 Å². The Morgan fingerprint density at radius 3 is 2.65 bits per heavy atom. The Morgan fingerprint density at radius 2 is 1.91 bits per heavy atom. The molecule has 2 heterocycles. The molecule has 1 aromatic carbocycles. The monoisotopic (exact) mass is 309 g/mol. The van der Waals surface area contributed by atoms with Crippen molar-refractivity contribution in [1.29, 1.82) is 0 Å². The Bertz CT molecular complexity index is 859. The molecule has 3 aromatic rings. The van der Waals surface area contributed by atoms with E-state index in [1.807, 2.05) is 0 Å². The second-order valence-electron chi connectivity index (χ2n) is 4.79. The first-order valence-corrected chi connectivity index (χ1v) is 6.84. The molecule has 0 bridgehead atoms. The van der Waals surface area contributed by atoms with Crippen LogP contribution in [0.1, 0.15) is 20.7 Å². The smallest absolute Gasteiger partial charge is 0.264 e. The zero-order chi connectivity index (χ0) is 16.2. The Balaban J connectivity index is 1.79. The van der Waals surface area contributed by atoms with E-state index < -0.39 is 11.7 Å². The van der Waals surface area contributed by atoms with Crippen LogP contribution >= 0.6 is 0 Å². The molecule has 0 saturated carbocycles. The summed E-state index contributed by atoms with van der Waals surface area (Å²) in [5, 5.41) is 2.66. The fourth-order valence-corrected chi connectivity index (χ4v) is 2.07. The van der Waals surface area contributed by atoms with Crippen LogP contribution in [0.25, 0.3) is 0 Å². The van der Waals surface area contributed by atoms with Crippen LogP contribution in [0.3, 0.4) is 0 Å². The van der Waals surface area contributed by atoms with Crippen molar-refractivity contribution in [3.63, 3.8) is 0 Å². The second-order valence-corrected chi connectivity index (χ2v) is 4.79. The summed E-state index contributed by atoms with van der Waals surface area (Å²) in [4.78, 5) is 28.3. The molecule has 0 aliphatic carbocycles. The maximum Gasteiger partial charge on any atom is 0.264 e. The molecule has 0 radical (unpaired) electrons. The van der Waals surface area contributed by atoms with Gasteiger partial charge in [-0.3, -0.25) is 19.1 Å². The van der Waals surface area contributed by atoms with Crippen molar-refractivity contribution in [2.75, 3.05) is 5.32 Å². The van der Waals surface area contributed by atoms with Gasteiger partial charge in [0.15, 0.2) is 0 Å². The average Bonchev–Trinajstić information content (AvgIpc) is 3.06. The Morgan fingerprint density at radius 1 is 1.09 bits per heavy atom. The number of halogens is 1. The van der Waals surface area contributed by atoms with E-state index in [9.17, 15) is 14.0 Å². The number of nitrogens with one attached hydrogen (secondary N) is 1. The van der Waals surface area contributed by atoms with Crippen LogP contribution in [0, 0.1) is 5.82 Å². The summed E-state index contributed by atoms with van der Waals surface area (Å²) < 4.78 is 14.8. The van der Waals surface area contributed by atoms with Crippen LogP contribution in [0.4, 0.5) is 10.1 Å². The molecule has 0 spiro atoms. The highest BCUT2D eigenvalue weighted by atomic mass is 19.1. The number of pyridine rings is 1. The van der Waals surface area contributed by atoms with Crippen LogP contribution in [0.2, 0.25) is 0 Å². The molecule has 0 unspecified atom stereocenters. The molecule has 0 aliphatic rings. The molecule has 114 valence electrons. The van der Waals surface area contributed by atoms with Gasteiger partial charge in [0.2, 0.25) is 0 Å². The molecule has 1 N–H and O–H groups in total. The number of amides is 1. The standard InChI is InChI=1S/C17H12FN3O2/c18-15-6-2-1-5-14(15)17(23)21-9-7-12(11-21)16(22)20-13-4-3-8-19-10-13/h1-11H,(H,20,22). The van der Waals surface area contributed by atoms with Gasteiger partial charge in [0.05, 0.1) is 23.0 Å². The molecule has 1 amide bonds. The predicted octanol–water partition coefficient (Wildman–Crippen LogP) is 2.96. The van der Waals surface area contributed by atoms with Gasteiger partial charge in [0.25, 0.3) is 11.8 Å². The van der Waals surface area contributed by atoms with Crippen molar-refractivity contribution in [2.45, 2.75) is 0 Å². The fraction of sp³-hybridized carbons (Fsp3) is 0. The molecule has 3 rings (SSSR count). The van der Waals surface area contributed by atoms with E-state index in [2.05, 4.69) is 10.3 Å². The minimum absolute atomic E-state index is 0.0534. The van der Waals surface area contributed by atoms with Crippen molar-refractivity contribution in [3.05, 3.63) is 84.2 Å². The van der Waals surface area contributed by atoms with Crippen LogP contribution in [0.5, 0.6) is 0 Å². The molecule has 0 saturated heterocycles. The van der Waals surface area contributed by atoms with E-state index in [4.69, 9.17) is 0 Å². The van der Waals surface area contributed by atoms with E-state index in [-0.39, 0.29) is 11.5 Å². The quantitative estimate of drug-likeness (QED) is 0.809. The highest BCUT2D eigenvalue weighted by Crippen LogP contribution is 2.12. The minimum atomic E-state index is -0.604. The van der Waals surface area contributed by atoms with Gasteiger partial charge in [0, 0.05) is 18.6 Å². The molecule has 6 heteroatoms. The number of anilines is 1. The number of carbonyl (C=O) groups is 2. The normalized spacial score (nSPS) is 10.3. The summed E-state index contributed by atoms with van der Waals surface area (Å²) >= 11 is 0. The molecule has 2 aromatic heterocycles. The summed E-state index contributed by atoms with van der Waals surface area (Å²) in [6.45, 7) is 0. The Kier molecular flexibility index (Phi) is 3.97. The molecule has 0 fully saturated rings. The molecule has 23 heavy (non-hydrogen) atoms. The van der Waals surface area contributed by atoms with Gasteiger partial charge >= 0.3 is 0 Å². The lowest BCUT2D eigenvalue weighted by Gasteiger charge is -2.03. The number of rotatable bonds is 3. The van der Waals surface area contributed by atoms with Crippen molar-refractivity contribution in [1.82, 2.24) is 9.55 Å². The molecule has 5 nitrogen and oxygen atoms in total. The van der Waals surface area contributed by atoms with Gasteiger partial charge in [0.1, 0.15) is 5.82 Å². The van der Waals surface area contributed by atoms with Gasteiger partial charge in [-0.05, 0) is 30.3 Å². The third-order valence-electron chi connectivity index (χ3n) is 3.21. The lowest BCUT2D eigenvalue weighted by molar-refractivity contribution is 0.0956. The summed E-state index contributed by atoms with van der Waals surface area (Å²) in [5.41, 5.74) is 0.784. The first-order valence-electron chi connectivity index (χ1n) is 6.84. The van der Waals surface area contributed by atoms with Gasteiger partial charge in [-0.1, -0.05) is 12.1 Å². The van der Waals surface area contributed by atoms with Crippen molar-refractivity contribution in [3.8, 4) is 0 Å². The van der Waals surface area contributed by atoms with Crippen LogP contribution in [0.15, 0.2) is 67.3 Å². The zero-order valence-electron chi connectivity index (χ0n) is 11.9. The third kappa shape index (κ3) is 3.16. The molecule has 0 atom stereocenters. The van der Waals surface area contributed by atoms with Crippen molar-refractivity contribution >= 4 is 17.5 Å². The second kappa shape index (κ2) is 6.23. The summed E-state index contributed by atoms with van der Waals surface area (Å²) in [6, 6.07) is 10.6. The third-order valence-corrected chi connectivity index (χ3v) is 3.21. The van der Waals surface area contributed by atoms with E-state index in [1.165, 1.54) is 47.4 Å². The number of nitrogens with zero attached hydrogens (tertiary/aromatic N) is 2. The zero-order valence-corrected chi connectivity index (χ0v) is 11.9. The number of hydrogen-bond donors (Lipinski definition) is 1. The van der Waals surface area contributed by atoms with E-state index in [0.717, 1.165) is 0 Å². The largest absolute Gasteiger partial charge is 0.321 e. The SMILES string of the molecule is O=C(Nc1cccnc1)c1ccn(C(=O)c2ccccc2F)c1. The maximum atomic E-state index is 13.7.